The standard InChI is InChI=1S/C23H49N.C18H38.C2H4/c1-4-6-8-10-12-13-14-15-16-17-19-21-23-24(3)22-20-18-11-9-7-5-2;1-4-6-8-10-12-14-16-18(3)17-15-13-11-9-7-5-2;1-2/h4-23H2,1-3H3;18H,4-17H2,1-3H3;1-2H2. The summed E-state index contributed by atoms with van der Waals surface area (Å²) in [5.74, 6) is 0.974. The van der Waals surface area contributed by atoms with Gasteiger partial charge in [0.2, 0.25) is 0 Å². The lowest BCUT2D eigenvalue weighted by Gasteiger charge is -2.16. The molecule has 0 radical (unpaired) electrons. The van der Waals surface area contributed by atoms with E-state index in [1.165, 1.54) is 219 Å². The Morgan fingerprint density at radius 3 is 0.795 bits per heavy atom. The third kappa shape index (κ3) is 48.6. The van der Waals surface area contributed by atoms with Crippen molar-refractivity contribution >= 4 is 0 Å². The van der Waals surface area contributed by atoms with Gasteiger partial charge in [0.05, 0.1) is 0 Å². The summed E-state index contributed by atoms with van der Waals surface area (Å²) in [4.78, 5) is 2.55. The quantitative estimate of drug-likeness (QED) is 0.0510. The molecule has 268 valence electrons. The molecule has 1 heteroatoms. The summed E-state index contributed by atoms with van der Waals surface area (Å²) in [5.41, 5.74) is 0. The van der Waals surface area contributed by atoms with Gasteiger partial charge in [0, 0.05) is 0 Å². The minimum absolute atomic E-state index is 0.974. The molecule has 44 heavy (non-hydrogen) atoms. The Balaban J connectivity index is -0.000000749. The van der Waals surface area contributed by atoms with Gasteiger partial charge in [0.25, 0.3) is 0 Å². The topological polar surface area (TPSA) is 3.24 Å². The van der Waals surface area contributed by atoms with Crippen molar-refractivity contribution in [2.24, 2.45) is 5.92 Å². The maximum Gasteiger partial charge on any atom is -0.00218 e. The van der Waals surface area contributed by atoms with E-state index in [-0.39, 0.29) is 0 Å². The highest BCUT2D eigenvalue weighted by molar-refractivity contribution is 4.56. The smallest absolute Gasteiger partial charge is 0.00218 e. The van der Waals surface area contributed by atoms with Crippen molar-refractivity contribution in [3.05, 3.63) is 13.2 Å². The molecule has 0 N–H and O–H groups in total. The molecular weight excluding hydrogens is 530 g/mol. The molecule has 0 aliphatic carbocycles. The van der Waals surface area contributed by atoms with Crippen LogP contribution in [0.3, 0.4) is 0 Å². The van der Waals surface area contributed by atoms with Gasteiger partial charge < -0.3 is 4.90 Å². The molecule has 0 unspecified atom stereocenters. The molecule has 1 nitrogen and oxygen atoms in total. The molecule has 0 atom stereocenters. The molecule has 0 aromatic carbocycles. The van der Waals surface area contributed by atoms with Gasteiger partial charge in [-0.3, -0.25) is 0 Å². The van der Waals surface area contributed by atoms with E-state index >= 15 is 0 Å². The zero-order valence-corrected chi connectivity index (χ0v) is 32.5. The Hall–Kier alpha value is -0.300. The normalized spacial score (nSPS) is 11.0. The van der Waals surface area contributed by atoms with Gasteiger partial charge >= 0.3 is 0 Å². The second-order valence-corrected chi connectivity index (χ2v) is 14.2. The van der Waals surface area contributed by atoms with Crippen molar-refractivity contribution in [1.82, 2.24) is 4.90 Å². The molecule has 0 rings (SSSR count). The summed E-state index contributed by atoms with van der Waals surface area (Å²) >= 11 is 0. The number of unbranched alkanes of at least 4 members (excludes halogenated alkanes) is 26. The minimum atomic E-state index is 0.974. The molecule has 0 saturated heterocycles. The molecule has 0 fully saturated rings. The third-order valence-corrected chi connectivity index (χ3v) is 9.39. The highest BCUT2D eigenvalue weighted by atomic mass is 15.1. The molecule has 0 aromatic heterocycles. The van der Waals surface area contributed by atoms with Crippen LogP contribution in [0.4, 0.5) is 0 Å². The van der Waals surface area contributed by atoms with Gasteiger partial charge in [-0.15, -0.1) is 13.2 Å². The molecule has 0 heterocycles. The lowest BCUT2D eigenvalue weighted by molar-refractivity contribution is 0.314. The minimum Gasteiger partial charge on any atom is -0.306 e. The van der Waals surface area contributed by atoms with Crippen LogP contribution in [0.25, 0.3) is 0 Å². The molecular formula is C43H91N. The van der Waals surface area contributed by atoms with Crippen LogP contribution in [0.2, 0.25) is 0 Å². The van der Waals surface area contributed by atoms with Gasteiger partial charge in [-0.05, 0) is 38.9 Å². The van der Waals surface area contributed by atoms with Crippen LogP contribution in [0.15, 0.2) is 13.2 Å². The Bertz CT molecular complexity index is 430. The summed E-state index contributed by atoms with van der Waals surface area (Å²) in [6.07, 6.45) is 46.2. The first kappa shape index (κ1) is 48.1. The van der Waals surface area contributed by atoms with Crippen LogP contribution < -0.4 is 0 Å². The highest BCUT2D eigenvalue weighted by Crippen LogP contribution is 2.18. The lowest BCUT2D eigenvalue weighted by atomic mass is 9.96. The number of rotatable bonds is 34. The molecule has 0 aliphatic rings. The maximum absolute atomic E-state index is 3.00. The van der Waals surface area contributed by atoms with Crippen molar-refractivity contribution < 1.29 is 0 Å². The Morgan fingerprint density at radius 1 is 0.341 bits per heavy atom. The van der Waals surface area contributed by atoms with E-state index in [9.17, 15) is 0 Å². The molecule has 0 amide bonds. The van der Waals surface area contributed by atoms with Crippen LogP contribution in [0.1, 0.15) is 240 Å². The van der Waals surface area contributed by atoms with Gasteiger partial charge in [0.15, 0.2) is 0 Å². The summed E-state index contributed by atoms with van der Waals surface area (Å²) in [6.45, 7) is 20.3. The third-order valence-electron chi connectivity index (χ3n) is 9.39. The van der Waals surface area contributed by atoms with E-state index in [0.29, 0.717) is 0 Å². The average molecular weight is 622 g/mol. The highest BCUT2D eigenvalue weighted by Gasteiger charge is 2.02. The number of nitrogens with zero attached hydrogens (tertiary/aromatic N) is 1. The van der Waals surface area contributed by atoms with E-state index < -0.39 is 0 Å². The van der Waals surface area contributed by atoms with E-state index in [4.69, 9.17) is 0 Å². The Kier molecular flexibility index (Phi) is 51.5. The molecule has 0 bridgehead atoms. The zero-order valence-electron chi connectivity index (χ0n) is 32.5. The fourth-order valence-corrected chi connectivity index (χ4v) is 6.19. The van der Waals surface area contributed by atoms with E-state index in [2.05, 4.69) is 59.7 Å². The first-order chi connectivity index (χ1) is 21.6. The van der Waals surface area contributed by atoms with Crippen LogP contribution in [-0.4, -0.2) is 25.0 Å². The van der Waals surface area contributed by atoms with Crippen molar-refractivity contribution in [3.8, 4) is 0 Å². The first-order valence-electron chi connectivity index (χ1n) is 20.8. The fourth-order valence-electron chi connectivity index (χ4n) is 6.19. The second kappa shape index (κ2) is 47.1. The van der Waals surface area contributed by atoms with Gasteiger partial charge in [-0.2, -0.15) is 0 Å². The molecule has 0 aliphatic heterocycles. The van der Waals surface area contributed by atoms with Crippen LogP contribution >= 0.6 is 0 Å². The maximum atomic E-state index is 3.00. The molecule has 0 saturated carbocycles. The first-order valence-corrected chi connectivity index (χ1v) is 20.8. The SMILES string of the molecule is C=C.CCCCCCCCC(C)CCCCCCCC.CCCCCCCCCCCCCCN(C)CCCCCCCC. The Morgan fingerprint density at radius 2 is 0.545 bits per heavy atom. The predicted octanol–water partition coefficient (Wildman–Crippen LogP) is 15.9. The van der Waals surface area contributed by atoms with Crippen molar-refractivity contribution in [2.45, 2.75) is 240 Å². The van der Waals surface area contributed by atoms with Crippen LogP contribution in [-0.2, 0) is 0 Å². The average Bonchev–Trinajstić information content (AvgIpc) is 3.04. The van der Waals surface area contributed by atoms with Gasteiger partial charge in [-0.25, -0.2) is 0 Å². The second-order valence-electron chi connectivity index (χ2n) is 14.2. The molecule has 0 spiro atoms. The van der Waals surface area contributed by atoms with Gasteiger partial charge in [-0.1, -0.05) is 227 Å². The summed E-state index contributed by atoms with van der Waals surface area (Å²) in [5, 5.41) is 0. The molecule has 0 aromatic rings. The van der Waals surface area contributed by atoms with Crippen molar-refractivity contribution in [3.63, 3.8) is 0 Å². The Labute approximate surface area is 283 Å². The summed E-state index contributed by atoms with van der Waals surface area (Å²) < 4.78 is 0. The largest absolute Gasteiger partial charge is 0.306 e. The monoisotopic (exact) mass is 622 g/mol. The van der Waals surface area contributed by atoms with Crippen molar-refractivity contribution in [1.29, 1.82) is 0 Å². The van der Waals surface area contributed by atoms with Crippen molar-refractivity contribution in [2.75, 3.05) is 20.1 Å². The van der Waals surface area contributed by atoms with Gasteiger partial charge in [0.1, 0.15) is 0 Å². The zero-order chi connectivity index (χ0) is 33.2. The number of hydrogen-bond acceptors (Lipinski definition) is 1. The lowest BCUT2D eigenvalue weighted by Crippen LogP contribution is -2.20. The summed E-state index contributed by atoms with van der Waals surface area (Å²) in [6, 6.07) is 0. The van der Waals surface area contributed by atoms with E-state index in [1.807, 2.05) is 0 Å². The van der Waals surface area contributed by atoms with E-state index in [0.717, 1.165) is 5.92 Å². The number of hydrogen-bond donors (Lipinski definition) is 0. The fraction of sp³-hybridized carbons (Fsp3) is 0.953. The predicted molar refractivity (Wildman–Crippen MR) is 208 cm³/mol. The van der Waals surface area contributed by atoms with E-state index in [1.54, 1.807) is 0 Å². The summed E-state index contributed by atoms with van der Waals surface area (Å²) in [7, 11) is 2.31. The van der Waals surface area contributed by atoms with Crippen LogP contribution in [0, 0.1) is 5.92 Å². The van der Waals surface area contributed by atoms with Crippen LogP contribution in [0.5, 0.6) is 0 Å².